The summed E-state index contributed by atoms with van der Waals surface area (Å²) in [5, 5.41) is 3.54. The molecule has 0 bridgehead atoms. The predicted molar refractivity (Wildman–Crippen MR) is 89.0 cm³/mol. The molecule has 2 aliphatic rings. The van der Waals surface area contributed by atoms with Crippen LogP contribution in [0.3, 0.4) is 0 Å². The predicted octanol–water partition coefficient (Wildman–Crippen LogP) is 3.18. The molecule has 8 heteroatoms. The van der Waals surface area contributed by atoms with Crippen LogP contribution >= 0.6 is 58.9 Å². The average molecular weight is 532 g/mol. The van der Waals surface area contributed by atoms with Gasteiger partial charge in [0.1, 0.15) is 0 Å². The standard InChI is InChI=1S/2C3H6S2.CH4S2.2Sb/c2*4-3-1-5-2-3;2-1-3;;/h2*3-4H,1-2H2;2-3H,1H2;;/q;;;2*+2/p-4. The number of hydrogen-bond acceptors (Lipinski definition) is 6. The van der Waals surface area contributed by atoms with Crippen LogP contribution in [-0.4, -0.2) is 76.2 Å². The molecule has 0 spiro atoms. The fraction of sp³-hybridized carbons (Fsp3) is 1.00. The zero-order valence-corrected chi connectivity index (χ0v) is 18.0. The molecule has 0 saturated carbocycles. The third-order valence-electron chi connectivity index (χ3n) is 1.81. The number of rotatable bonds is 8. The summed E-state index contributed by atoms with van der Waals surface area (Å²) in [5.41, 5.74) is 0. The van der Waals surface area contributed by atoms with Gasteiger partial charge in [-0.25, -0.2) is 0 Å². The van der Waals surface area contributed by atoms with Crippen LogP contribution < -0.4 is 0 Å². The zero-order valence-electron chi connectivity index (χ0n) is 8.03. The maximum absolute atomic E-state index is 2.33. The Labute approximate surface area is 133 Å². The van der Waals surface area contributed by atoms with E-state index in [0.717, 1.165) is 10.5 Å². The first kappa shape index (κ1) is 15.1. The molecule has 2 radical (unpaired) electrons. The number of hydrogen-bond donors (Lipinski definition) is 0. The molecule has 86 valence electrons. The molecule has 0 amide bonds. The van der Waals surface area contributed by atoms with E-state index in [0.29, 0.717) is 0 Å². The third-order valence-corrected chi connectivity index (χ3v) is 29.2. The van der Waals surface area contributed by atoms with Crippen molar-refractivity contribution in [1.29, 1.82) is 0 Å². The van der Waals surface area contributed by atoms with E-state index < -0.39 is 0 Å². The van der Waals surface area contributed by atoms with Crippen LogP contribution in [-0.2, 0) is 0 Å². The summed E-state index contributed by atoms with van der Waals surface area (Å²) >= 11 is 4.41. The van der Waals surface area contributed by atoms with Gasteiger partial charge in [-0.15, -0.1) is 0 Å². The summed E-state index contributed by atoms with van der Waals surface area (Å²) < 4.78 is 0. The van der Waals surface area contributed by atoms with Crippen LogP contribution in [0.5, 0.6) is 0 Å². The first-order valence-electron chi connectivity index (χ1n) is 4.57. The Balaban J connectivity index is 1.29. The molecule has 0 aromatic heterocycles. The van der Waals surface area contributed by atoms with Crippen molar-refractivity contribution < 1.29 is 0 Å². The summed E-state index contributed by atoms with van der Waals surface area (Å²) in [5.74, 6) is 5.77. The normalized spacial score (nSPS) is 22.4. The molecule has 0 aromatic rings. The molecular formula is C7H12S6Sb2. The summed E-state index contributed by atoms with van der Waals surface area (Å²) in [4.78, 5) is 0. The Kier molecular flexibility index (Phi) is 9.69. The molecule has 0 atom stereocenters. The van der Waals surface area contributed by atoms with Gasteiger partial charge in [-0.05, 0) is 0 Å². The fourth-order valence-corrected chi connectivity index (χ4v) is 38.2. The summed E-state index contributed by atoms with van der Waals surface area (Å²) in [6.45, 7) is 0. The molecule has 15 heavy (non-hydrogen) atoms. The molecular weight excluding hydrogens is 520 g/mol. The van der Waals surface area contributed by atoms with E-state index in [4.69, 9.17) is 0 Å². The first-order chi connectivity index (χ1) is 7.45. The van der Waals surface area contributed by atoms with Crippen LogP contribution in [0.2, 0.25) is 0 Å². The van der Waals surface area contributed by atoms with E-state index in [1.54, 1.807) is 0 Å². The Morgan fingerprint density at radius 2 is 1.33 bits per heavy atom. The van der Waals surface area contributed by atoms with Crippen molar-refractivity contribution in [3.8, 4) is 0 Å². The number of thioether (sulfide) groups is 2. The van der Waals surface area contributed by atoms with E-state index in [1.165, 1.54) is 28.1 Å². The van der Waals surface area contributed by atoms with Gasteiger partial charge in [-0.3, -0.25) is 0 Å². The van der Waals surface area contributed by atoms with Crippen molar-refractivity contribution in [3.05, 3.63) is 0 Å². The van der Waals surface area contributed by atoms with Gasteiger partial charge in [0.2, 0.25) is 0 Å². The van der Waals surface area contributed by atoms with Crippen molar-refractivity contribution in [1.82, 2.24) is 0 Å². The summed E-state index contributed by atoms with van der Waals surface area (Å²) in [6, 6.07) is 0. The molecule has 2 fully saturated rings. The van der Waals surface area contributed by atoms with E-state index in [1.807, 2.05) is 0 Å². The summed E-state index contributed by atoms with van der Waals surface area (Å²) in [6.07, 6.45) is 0. The molecule has 2 rings (SSSR count). The molecule has 0 N–H and O–H groups in total. The van der Waals surface area contributed by atoms with Crippen molar-refractivity contribution in [2.45, 2.75) is 10.5 Å². The second-order valence-electron chi connectivity index (χ2n) is 3.05. The second-order valence-corrected chi connectivity index (χ2v) is 25.3. The second kappa shape index (κ2) is 9.61. The van der Waals surface area contributed by atoms with Crippen molar-refractivity contribution in [2.75, 3.05) is 28.1 Å². The van der Waals surface area contributed by atoms with E-state index in [9.17, 15) is 0 Å². The Morgan fingerprint density at radius 3 is 1.67 bits per heavy atom. The maximum atomic E-state index is 2.33. The first-order valence-corrected chi connectivity index (χ1v) is 22.9. The van der Waals surface area contributed by atoms with E-state index in [-0.39, 0.29) is 37.6 Å². The van der Waals surface area contributed by atoms with Crippen LogP contribution in [0.15, 0.2) is 0 Å². The van der Waals surface area contributed by atoms with Gasteiger partial charge in [0, 0.05) is 0 Å². The van der Waals surface area contributed by atoms with Gasteiger partial charge in [-0.2, -0.15) is 0 Å². The topological polar surface area (TPSA) is 0 Å². The van der Waals surface area contributed by atoms with E-state index >= 15 is 0 Å². The third kappa shape index (κ3) is 6.63. The van der Waals surface area contributed by atoms with Crippen molar-refractivity contribution in [2.24, 2.45) is 0 Å². The van der Waals surface area contributed by atoms with Crippen LogP contribution in [0, 0.1) is 0 Å². The van der Waals surface area contributed by atoms with Crippen LogP contribution in [0.1, 0.15) is 0 Å². The van der Waals surface area contributed by atoms with Crippen molar-refractivity contribution in [3.63, 3.8) is 0 Å². The Morgan fingerprint density at radius 1 is 0.867 bits per heavy atom. The molecule has 2 aliphatic heterocycles. The molecule has 0 unspecified atom stereocenters. The minimum atomic E-state index is 0.0828. The van der Waals surface area contributed by atoms with Gasteiger partial charge in [-0.1, -0.05) is 0 Å². The Bertz CT molecular complexity index is 157. The van der Waals surface area contributed by atoms with Crippen LogP contribution in [0.25, 0.3) is 0 Å². The summed E-state index contributed by atoms with van der Waals surface area (Å²) in [7, 11) is 9.24. The fourth-order valence-electron chi connectivity index (χ4n) is 0.799. The SMILES string of the molecule is C([S][Sb][S]C1CSC1)[S][Sb][S]C1CSC1. The monoisotopic (exact) mass is 530 g/mol. The molecule has 0 nitrogen and oxygen atoms in total. The van der Waals surface area contributed by atoms with Crippen LogP contribution in [0.4, 0.5) is 0 Å². The van der Waals surface area contributed by atoms with Crippen molar-refractivity contribution >= 4 is 96.5 Å². The van der Waals surface area contributed by atoms with Gasteiger partial charge in [0.05, 0.1) is 0 Å². The van der Waals surface area contributed by atoms with Gasteiger partial charge < -0.3 is 0 Å². The molecule has 2 saturated heterocycles. The Hall–Kier alpha value is 3.74. The molecule has 0 aromatic carbocycles. The average Bonchev–Trinajstić information content (AvgIpc) is 2.09. The molecule has 0 aliphatic carbocycles. The van der Waals surface area contributed by atoms with E-state index in [2.05, 4.69) is 58.9 Å². The quantitative estimate of drug-likeness (QED) is 0.266. The van der Waals surface area contributed by atoms with Gasteiger partial charge >= 0.3 is 135 Å². The molecule has 2 heterocycles. The van der Waals surface area contributed by atoms with Gasteiger partial charge in [0.25, 0.3) is 0 Å². The minimum absolute atomic E-state index is 0.0828. The van der Waals surface area contributed by atoms with Gasteiger partial charge in [0.15, 0.2) is 0 Å². The zero-order chi connectivity index (χ0) is 10.3.